The molecule has 0 radical (unpaired) electrons. The van der Waals surface area contributed by atoms with Crippen LogP contribution in [0.25, 0.3) is 0 Å². The Hall–Kier alpha value is -2.54. The van der Waals surface area contributed by atoms with E-state index >= 15 is 0 Å². The molecule has 2 heterocycles. The number of carbonyl (C=O) groups excluding carboxylic acids is 2. The number of Topliss-reactive ketones (excluding diaryl/α,β-unsaturated/α-hetero) is 1. The maximum absolute atomic E-state index is 12.1. The van der Waals surface area contributed by atoms with Crippen LogP contribution in [-0.4, -0.2) is 39.8 Å². The maximum atomic E-state index is 12.1. The normalized spacial score (nSPS) is 14.5. The Labute approximate surface area is 121 Å². The monoisotopic (exact) mass is 285 g/mol. The second-order valence-corrected chi connectivity index (χ2v) is 4.98. The largest absolute Gasteiger partial charge is 0.321 e. The van der Waals surface area contributed by atoms with E-state index in [1.165, 1.54) is 6.92 Å². The van der Waals surface area contributed by atoms with Gasteiger partial charge in [-0.25, -0.2) is 4.68 Å². The number of anilines is 1. The van der Waals surface area contributed by atoms with E-state index in [1.54, 1.807) is 35.1 Å². The molecule has 1 aromatic carbocycles. The van der Waals surface area contributed by atoms with E-state index in [1.807, 2.05) is 0 Å². The van der Waals surface area contributed by atoms with E-state index in [4.69, 9.17) is 0 Å². The number of carbonyl (C=O) groups is 2. The zero-order valence-corrected chi connectivity index (χ0v) is 11.5. The predicted molar refractivity (Wildman–Crippen MR) is 76.3 cm³/mol. The topological polar surface area (TPSA) is 88.9 Å². The summed E-state index contributed by atoms with van der Waals surface area (Å²) in [5.74, 6) is -0.325. The number of ketones is 1. The highest BCUT2D eigenvalue weighted by molar-refractivity contribution is 6.03. The summed E-state index contributed by atoms with van der Waals surface area (Å²) in [5.41, 5.74) is 1.50. The standard InChI is InChI=1S/C14H15N5O2/c1-9(20)10-2-4-11(5-3-10)16-14(21)13-8-19(18-17-13)12-6-15-7-12/h2-5,8,12,15H,6-7H2,1H3,(H,16,21). The van der Waals surface area contributed by atoms with Gasteiger partial charge in [-0.2, -0.15) is 0 Å². The number of hydrogen-bond acceptors (Lipinski definition) is 5. The van der Waals surface area contributed by atoms with Crippen LogP contribution in [0.15, 0.2) is 30.5 Å². The Morgan fingerprint density at radius 3 is 2.57 bits per heavy atom. The van der Waals surface area contributed by atoms with Gasteiger partial charge in [0.1, 0.15) is 0 Å². The number of benzene rings is 1. The van der Waals surface area contributed by atoms with Crippen molar-refractivity contribution in [3.8, 4) is 0 Å². The first-order valence-corrected chi connectivity index (χ1v) is 6.68. The van der Waals surface area contributed by atoms with Crippen LogP contribution in [0, 0.1) is 0 Å². The quantitative estimate of drug-likeness (QED) is 0.814. The highest BCUT2D eigenvalue weighted by atomic mass is 16.2. The SMILES string of the molecule is CC(=O)c1ccc(NC(=O)c2cn(C3CNC3)nn2)cc1. The fourth-order valence-electron chi connectivity index (χ4n) is 2.00. The van der Waals surface area contributed by atoms with Gasteiger partial charge in [0, 0.05) is 24.3 Å². The highest BCUT2D eigenvalue weighted by Crippen LogP contribution is 2.13. The third kappa shape index (κ3) is 2.82. The summed E-state index contributed by atoms with van der Waals surface area (Å²) in [5, 5.41) is 13.7. The molecule has 0 aliphatic carbocycles. The van der Waals surface area contributed by atoms with Gasteiger partial charge in [0.15, 0.2) is 11.5 Å². The summed E-state index contributed by atoms with van der Waals surface area (Å²) in [6.07, 6.45) is 1.64. The number of amides is 1. The van der Waals surface area contributed by atoms with Gasteiger partial charge in [0.2, 0.25) is 0 Å². The van der Waals surface area contributed by atoms with Crippen molar-refractivity contribution in [1.29, 1.82) is 0 Å². The smallest absolute Gasteiger partial charge is 0.277 e. The molecule has 21 heavy (non-hydrogen) atoms. The molecule has 1 aliphatic rings. The average Bonchev–Trinajstić information content (AvgIpc) is 2.86. The van der Waals surface area contributed by atoms with Crippen LogP contribution >= 0.6 is 0 Å². The summed E-state index contributed by atoms with van der Waals surface area (Å²) in [6, 6.07) is 7.00. The average molecular weight is 285 g/mol. The lowest BCUT2D eigenvalue weighted by Crippen LogP contribution is -2.43. The minimum atomic E-state index is -0.316. The molecular formula is C14H15N5O2. The Morgan fingerprint density at radius 2 is 2.00 bits per heavy atom. The fourth-order valence-corrected chi connectivity index (χ4v) is 2.00. The first-order chi connectivity index (χ1) is 10.1. The molecule has 7 nitrogen and oxygen atoms in total. The maximum Gasteiger partial charge on any atom is 0.277 e. The van der Waals surface area contributed by atoms with Gasteiger partial charge in [-0.1, -0.05) is 5.21 Å². The van der Waals surface area contributed by atoms with E-state index in [-0.39, 0.29) is 23.4 Å². The van der Waals surface area contributed by atoms with E-state index in [0.717, 1.165) is 13.1 Å². The van der Waals surface area contributed by atoms with Gasteiger partial charge in [-0.3, -0.25) is 9.59 Å². The van der Waals surface area contributed by atoms with Gasteiger partial charge < -0.3 is 10.6 Å². The van der Waals surface area contributed by atoms with Gasteiger partial charge in [0.25, 0.3) is 5.91 Å². The van der Waals surface area contributed by atoms with Crippen LogP contribution in [-0.2, 0) is 0 Å². The molecule has 1 amide bonds. The Bertz CT molecular complexity index is 673. The van der Waals surface area contributed by atoms with Crippen LogP contribution in [0.5, 0.6) is 0 Å². The fraction of sp³-hybridized carbons (Fsp3) is 0.286. The van der Waals surface area contributed by atoms with Gasteiger partial charge in [-0.05, 0) is 31.2 Å². The molecular weight excluding hydrogens is 270 g/mol. The summed E-state index contributed by atoms with van der Waals surface area (Å²) in [4.78, 5) is 23.3. The van der Waals surface area contributed by atoms with Gasteiger partial charge in [0.05, 0.1) is 12.2 Å². The molecule has 1 saturated heterocycles. The minimum Gasteiger partial charge on any atom is -0.321 e. The van der Waals surface area contributed by atoms with Crippen LogP contribution in [0.3, 0.4) is 0 Å². The summed E-state index contributed by atoms with van der Waals surface area (Å²) in [7, 11) is 0. The van der Waals surface area contributed by atoms with Crippen LogP contribution in [0.1, 0.15) is 33.8 Å². The van der Waals surface area contributed by atoms with Crippen molar-refractivity contribution >= 4 is 17.4 Å². The van der Waals surface area contributed by atoms with Crippen molar-refractivity contribution in [3.05, 3.63) is 41.7 Å². The molecule has 1 fully saturated rings. The molecule has 0 atom stereocenters. The molecule has 3 rings (SSSR count). The lowest BCUT2D eigenvalue weighted by Gasteiger charge is -2.26. The molecule has 0 spiro atoms. The second kappa shape index (κ2) is 5.45. The first-order valence-electron chi connectivity index (χ1n) is 6.68. The Morgan fingerprint density at radius 1 is 1.29 bits per heavy atom. The molecule has 108 valence electrons. The van der Waals surface area contributed by atoms with Gasteiger partial charge in [-0.15, -0.1) is 5.10 Å². The molecule has 2 N–H and O–H groups in total. The van der Waals surface area contributed by atoms with Crippen LogP contribution in [0.2, 0.25) is 0 Å². The number of nitrogens with zero attached hydrogens (tertiary/aromatic N) is 3. The zero-order chi connectivity index (χ0) is 14.8. The molecule has 0 saturated carbocycles. The first kappa shape index (κ1) is 13.4. The van der Waals surface area contributed by atoms with Crippen molar-refractivity contribution in [2.45, 2.75) is 13.0 Å². The third-order valence-corrected chi connectivity index (χ3v) is 3.43. The van der Waals surface area contributed by atoms with Crippen molar-refractivity contribution in [2.24, 2.45) is 0 Å². The van der Waals surface area contributed by atoms with Crippen molar-refractivity contribution in [2.75, 3.05) is 18.4 Å². The molecule has 1 aliphatic heterocycles. The van der Waals surface area contributed by atoms with Crippen molar-refractivity contribution in [1.82, 2.24) is 20.3 Å². The van der Waals surface area contributed by atoms with Crippen LogP contribution in [0.4, 0.5) is 5.69 Å². The second-order valence-electron chi connectivity index (χ2n) is 4.98. The van der Waals surface area contributed by atoms with E-state index in [2.05, 4.69) is 20.9 Å². The van der Waals surface area contributed by atoms with Gasteiger partial charge >= 0.3 is 0 Å². The van der Waals surface area contributed by atoms with E-state index in [0.29, 0.717) is 11.3 Å². The highest BCUT2D eigenvalue weighted by Gasteiger charge is 2.21. The molecule has 2 aromatic rings. The Balaban J connectivity index is 1.67. The number of nitrogens with one attached hydrogen (secondary N) is 2. The zero-order valence-electron chi connectivity index (χ0n) is 11.5. The predicted octanol–water partition coefficient (Wildman–Crippen LogP) is 0.877. The van der Waals surface area contributed by atoms with Crippen molar-refractivity contribution < 1.29 is 9.59 Å². The van der Waals surface area contributed by atoms with Crippen molar-refractivity contribution in [3.63, 3.8) is 0 Å². The molecule has 0 bridgehead atoms. The molecule has 1 aromatic heterocycles. The molecule has 7 heteroatoms. The summed E-state index contributed by atoms with van der Waals surface area (Å²) in [6.45, 7) is 3.19. The third-order valence-electron chi connectivity index (χ3n) is 3.43. The summed E-state index contributed by atoms with van der Waals surface area (Å²) < 4.78 is 1.70. The van der Waals surface area contributed by atoms with Crippen LogP contribution < -0.4 is 10.6 Å². The lowest BCUT2D eigenvalue weighted by atomic mass is 10.1. The molecule has 0 unspecified atom stereocenters. The van der Waals surface area contributed by atoms with E-state index in [9.17, 15) is 9.59 Å². The van der Waals surface area contributed by atoms with E-state index < -0.39 is 0 Å². The minimum absolute atomic E-state index is 0.00933. The number of aromatic nitrogens is 3. The summed E-state index contributed by atoms with van der Waals surface area (Å²) >= 11 is 0. The lowest BCUT2D eigenvalue weighted by molar-refractivity contribution is 0.101. The number of hydrogen-bond donors (Lipinski definition) is 2. The Kier molecular flexibility index (Phi) is 3.49. The number of rotatable bonds is 4.